The summed E-state index contributed by atoms with van der Waals surface area (Å²) in [5.74, 6) is 0.611. The minimum Gasteiger partial charge on any atom is -0.494 e. The van der Waals surface area contributed by atoms with Gasteiger partial charge in [0.05, 0.1) is 31.3 Å². The molecule has 2 aliphatic rings. The number of hydrogen-bond donors (Lipinski definition) is 1. The van der Waals surface area contributed by atoms with Gasteiger partial charge in [-0.05, 0) is 57.4 Å². The van der Waals surface area contributed by atoms with E-state index in [0.29, 0.717) is 24.8 Å². The maximum atomic E-state index is 12.8. The Hall–Kier alpha value is -1.88. The Balaban J connectivity index is 1.78. The summed E-state index contributed by atoms with van der Waals surface area (Å²) < 4.78 is 5.42. The van der Waals surface area contributed by atoms with Gasteiger partial charge in [-0.2, -0.15) is 0 Å². The Bertz CT molecular complexity index is 584. The minimum absolute atomic E-state index is 0.0529. The number of likely N-dealkylation sites (tertiary alicyclic amines) is 1. The molecule has 2 aliphatic heterocycles. The van der Waals surface area contributed by atoms with Crippen LogP contribution in [0.1, 0.15) is 39.5 Å². The monoisotopic (exact) mass is 317 g/mol. The zero-order chi connectivity index (χ0) is 16.4. The zero-order valence-corrected chi connectivity index (χ0v) is 13.9. The molecule has 0 aliphatic carbocycles. The van der Waals surface area contributed by atoms with Crippen LogP contribution in [0.5, 0.6) is 5.75 Å². The lowest BCUT2D eigenvalue weighted by Gasteiger charge is -2.33. The first kappa shape index (κ1) is 16.0. The first-order valence-electron chi connectivity index (χ1n) is 8.57. The van der Waals surface area contributed by atoms with Gasteiger partial charge in [0.25, 0.3) is 5.91 Å². The van der Waals surface area contributed by atoms with Gasteiger partial charge in [0.15, 0.2) is 6.04 Å². The fraction of sp³-hybridized carbons (Fsp3) is 0.556. The van der Waals surface area contributed by atoms with Crippen LogP contribution in [0.15, 0.2) is 24.3 Å². The molecule has 23 heavy (non-hydrogen) atoms. The molecule has 0 radical (unpaired) electrons. The summed E-state index contributed by atoms with van der Waals surface area (Å²) in [5, 5.41) is 0. The van der Waals surface area contributed by atoms with Crippen molar-refractivity contribution in [2.45, 2.75) is 51.6 Å². The lowest BCUT2D eigenvalue weighted by molar-refractivity contribution is -0.942. The van der Waals surface area contributed by atoms with Crippen molar-refractivity contribution in [3.63, 3.8) is 0 Å². The lowest BCUT2D eigenvalue weighted by atomic mass is 10.0. The first-order valence-corrected chi connectivity index (χ1v) is 8.57. The minimum atomic E-state index is -0.218. The number of benzene rings is 1. The highest BCUT2D eigenvalue weighted by atomic mass is 16.5. The molecule has 1 aromatic carbocycles. The number of ether oxygens (including phenoxy) is 1. The van der Waals surface area contributed by atoms with Gasteiger partial charge in [-0.15, -0.1) is 0 Å². The predicted octanol–water partition coefficient (Wildman–Crippen LogP) is 1.17. The summed E-state index contributed by atoms with van der Waals surface area (Å²) in [6.07, 6.45) is 3.82. The summed E-state index contributed by atoms with van der Waals surface area (Å²) in [6, 6.07) is 7.43. The second-order valence-corrected chi connectivity index (χ2v) is 6.47. The fourth-order valence-corrected chi connectivity index (χ4v) is 3.78. The molecule has 5 nitrogen and oxygen atoms in total. The number of nitrogens with one attached hydrogen (secondary N) is 1. The Kier molecular flexibility index (Phi) is 4.66. The van der Waals surface area contributed by atoms with Gasteiger partial charge in [-0.1, -0.05) is 0 Å². The summed E-state index contributed by atoms with van der Waals surface area (Å²) in [4.78, 5) is 27.9. The summed E-state index contributed by atoms with van der Waals surface area (Å²) >= 11 is 0. The average molecular weight is 317 g/mol. The van der Waals surface area contributed by atoms with Crippen LogP contribution >= 0.6 is 0 Å². The Morgan fingerprint density at radius 1 is 1.22 bits per heavy atom. The van der Waals surface area contributed by atoms with Gasteiger partial charge in [-0.3, -0.25) is 9.59 Å². The Labute approximate surface area is 137 Å². The van der Waals surface area contributed by atoms with Crippen molar-refractivity contribution in [1.29, 1.82) is 0 Å². The molecule has 2 amide bonds. The van der Waals surface area contributed by atoms with Crippen molar-refractivity contribution in [2.75, 3.05) is 18.1 Å². The van der Waals surface area contributed by atoms with Crippen molar-refractivity contribution in [1.82, 2.24) is 0 Å². The second kappa shape index (κ2) is 6.71. The van der Waals surface area contributed by atoms with Crippen LogP contribution in [0, 0.1) is 0 Å². The smallest absolute Gasteiger partial charge is 0.292 e. The van der Waals surface area contributed by atoms with Crippen molar-refractivity contribution in [3.8, 4) is 5.75 Å². The quantitative estimate of drug-likeness (QED) is 0.848. The molecule has 3 rings (SSSR count). The number of rotatable bonds is 4. The number of quaternary nitrogens is 1. The molecule has 0 bridgehead atoms. The number of piperidine rings is 1. The summed E-state index contributed by atoms with van der Waals surface area (Å²) in [6.45, 7) is 5.70. The van der Waals surface area contributed by atoms with Crippen LogP contribution < -0.4 is 14.5 Å². The molecular weight excluding hydrogens is 292 g/mol. The molecule has 1 N–H and O–H groups in total. The van der Waals surface area contributed by atoms with Crippen LogP contribution in [0.25, 0.3) is 0 Å². The summed E-state index contributed by atoms with van der Waals surface area (Å²) in [7, 11) is 0. The van der Waals surface area contributed by atoms with Gasteiger partial charge in [0.2, 0.25) is 5.91 Å². The Morgan fingerprint density at radius 2 is 1.96 bits per heavy atom. The number of nitrogens with zero attached hydrogens (tertiary/aromatic N) is 1. The van der Waals surface area contributed by atoms with Crippen LogP contribution in [0.2, 0.25) is 0 Å². The number of carbonyl (C=O) groups is 2. The van der Waals surface area contributed by atoms with Gasteiger partial charge in [-0.25, -0.2) is 4.90 Å². The fourth-order valence-electron chi connectivity index (χ4n) is 3.78. The molecular formula is C18H25N2O3+. The summed E-state index contributed by atoms with van der Waals surface area (Å²) in [5.41, 5.74) is 0.648. The topological polar surface area (TPSA) is 51.0 Å². The SMILES string of the molecule is CCOc1ccc(N2C(=O)C[C@H]([NH+]3CCCC[C@@H]3C)C2=O)cc1. The van der Waals surface area contributed by atoms with E-state index in [1.165, 1.54) is 16.2 Å². The third kappa shape index (κ3) is 3.11. The number of carbonyl (C=O) groups excluding carboxylic acids is 2. The van der Waals surface area contributed by atoms with E-state index in [-0.39, 0.29) is 17.9 Å². The molecule has 0 spiro atoms. The normalized spacial score (nSPS) is 28.3. The maximum absolute atomic E-state index is 12.8. The molecule has 5 heteroatoms. The molecule has 0 aromatic heterocycles. The van der Waals surface area contributed by atoms with E-state index in [1.807, 2.05) is 19.1 Å². The van der Waals surface area contributed by atoms with Gasteiger partial charge < -0.3 is 9.64 Å². The van der Waals surface area contributed by atoms with Crippen LogP contribution in [-0.2, 0) is 9.59 Å². The van der Waals surface area contributed by atoms with E-state index in [9.17, 15) is 9.59 Å². The Morgan fingerprint density at radius 3 is 2.61 bits per heavy atom. The zero-order valence-electron chi connectivity index (χ0n) is 13.9. The van der Waals surface area contributed by atoms with E-state index in [1.54, 1.807) is 12.1 Å². The van der Waals surface area contributed by atoms with Crippen molar-refractivity contribution in [3.05, 3.63) is 24.3 Å². The van der Waals surface area contributed by atoms with Crippen LogP contribution in [0.4, 0.5) is 5.69 Å². The van der Waals surface area contributed by atoms with E-state index in [4.69, 9.17) is 4.74 Å². The second-order valence-electron chi connectivity index (χ2n) is 6.47. The highest BCUT2D eigenvalue weighted by Gasteiger charge is 2.47. The van der Waals surface area contributed by atoms with Gasteiger partial charge in [0, 0.05) is 0 Å². The molecule has 2 fully saturated rings. The van der Waals surface area contributed by atoms with E-state index < -0.39 is 0 Å². The first-order chi connectivity index (χ1) is 11.1. The number of hydrogen-bond acceptors (Lipinski definition) is 3. The van der Waals surface area contributed by atoms with Gasteiger partial charge >= 0.3 is 0 Å². The third-order valence-electron chi connectivity index (χ3n) is 4.99. The molecule has 2 saturated heterocycles. The van der Waals surface area contributed by atoms with Crippen LogP contribution in [-0.4, -0.2) is 37.0 Å². The maximum Gasteiger partial charge on any atom is 0.292 e. The van der Waals surface area contributed by atoms with E-state index >= 15 is 0 Å². The lowest BCUT2D eigenvalue weighted by Crippen LogP contribution is -3.20. The van der Waals surface area contributed by atoms with Crippen molar-refractivity contribution < 1.29 is 19.2 Å². The molecule has 0 saturated carbocycles. The highest BCUT2D eigenvalue weighted by Crippen LogP contribution is 2.25. The highest BCUT2D eigenvalue weighted by molar-refractivity contribution is 6.21. The van der Waals surface area contributed by atoms with Crippen molar-refractivity contribution in [2.24, 2.45) is 0 Å². The molecule has 2 heterocycles. The van der Waals surface area contributed by atoms with Gasteiger partial charge in [0.1, 0.15) is 5.75 Å². The van der Waals surface area contributed by atoms with E-state index in [2.05, 4.69) is 6.92 Å². The molecule has 1 unspecified atom stereocenters. The third-order valence-corrected chi connectivity index (χ3v) is 4.99. The molecule has 124 valence electrons. The number of amides is 2. The van der Waals surface area contributed by atoms with Crippen molar-refractivity contribution >= 4 is 17.5 Å². The van der Waals surface area contributed by atoms with Crippen LogP contribution in [0.3, 0.4) is 0 Å². The molecule has 1 aromatic rings. The largest absolute Gasteiger partial charge is 0.494 e. The standard InChI is InChI=1S/C18H24N2O3/c1-3-23-15-9-7-14(8-10-15)20-17(21)12-16(18(20)22)19-11-5-4-6-13(19)2/h7-10,13,16H,3-6,11-12H2,1-2H3/p+1/t13-,16-/m0/s1. The van der Waals surface area contributed by atoms with E-state index in [0.717, 1.165) is 25.1 Å². The predicted molar refractivity (Wildman–Crippen MR) is 87.7 cm³/mol. The number of anilines is 1. The average Bonchev–Trinajstić information content (AvgIpc) is 2.84. The number of imide groups is 1. The molecule has 3 atom stereocenters.